The molecule has 0 bridgehead atoms. The highest BCUT2D eigenvalue weighted by Crippen LogP contribution is 2.15. The van der Waals surface area contributed by atoms with Crippen LogP contribution in [0, 0.1) is 0 Å². The molecule has 1 fully saturated rings. The third-order valence-corrected chi connectivity index (χ3v) is 2.90. The van der Waals surface area contributed by atoms with E-state index < -0.39 is 0 Å². The molecule has 1 aliphatic rings. The van der Waals surface area contributed by atoms with Crippen molar-refractivity contribution in [2.24, 2.45) is 0 Å². The molecule has 1 N–H and O–H groups in total. The lowest BCUT2D eigenvalue weighted by Gasteiger charge is -2.27. The Morgan fingerprint density at radius 2 is 2.15 bits per heavy atom. The van der Waals surface area contributed by atoms with Crippen LogP contribution in [-0.4, -0.2) is 37.2 Å². The van der Waals surface area contributed by atoms with Crippen LogP contribution in [0.2, 0.25) is 0 Å². The standard InChI is InChI=1S/C15H19N3O2/c1-2-3-4-5-15(19)17-13-6-7-14(16-12-13)18-8-10-20-11-9-18/h2-7,12H,8-11H2,1H3,(H,17,19)/b3-2+,5-4+. The van der Waals surface area contributed by atoms with Gasteiger partial charge in [0, 0.05) is 19.2 Å². The SMILES string of the molecule is C/C=C/C=C/C(=O)Nc1ccc(N2CCOCC2)nc1. The number of rotatable bonds is 4. The Kier molecular flexibility index (Phi) is 5.32. The summed E-state index contributed by atoms with van der Waals surface area (Å²) in [5.41, 5.74) is 0.692. The molecule has 0 atom stereocenters. The molecule has 1 saturated heterocycles. The fraction of sp³-hybridized carbons (Fsp3) is 0.333. The first-order valence-corrected chi connectivity index (χ1v) is 6.68. The van der Waals surface area contributed by atoms with Crippen molar-refractivity contribution in [3.63, 3.8) is 0 Å². The summed E-state index contributed by atoms with van der Waals surface area (Å²) in [5, 5.41) is 2.77. The average molecular weight is 273 g/mol. The predicted molar refractivity (Wildman–Crippen MR) is 79.9 cm³/mol. The highest BCUT2D eigenvalue weighted by atomic mass is 16.5. The molecular formula is C15H19N3O2. The number of ether oxygens (including phenoxy) is 1. The molecule has 0 aliphatic carbocycles. The summed E-state index contributed by atoms with van der Waals surface area (Å²) in [6.45, 7) is 5.07. The van der Waals surface area contributed by atoms with Gasteiger partial charge in [0.25, 0.3) is 0 Å². The van der Waals surface area contributed by atoms with E-state index in [-0.39, 0.29) is 5.91 Å². The number of hydrogen-bond acceptors (Lipinski definition) is 4. The van der Waals surface area contributed by atoms with Crippen LogP contribution in [0.15, 0.2) is 42.6 Å². The lowest BCUT2D eigenvalue weighted by atomic mass is 10.3. The minimum Gasteiger partial charge on any atom is -0.378 e. The summed E-state index contributed by atoms with van der Waals surface area (Å²) < 4.78 is 5.30. The van der Waals surface area contributed by atoms with Crippen LogP contribution in [0.25, 0.3) is 0 Å². The zero-order valence-electron chi connectivity index (χ0n) is 11.6. The van der Waals surface area contributed by atoms with Gasteiger partial charge in [-0.15, -0.1) is 0 Å². The average Bonchev–Trinajstić information content (AvgIpc) is 2.49. The van der Waals surface area contributed by atoms with Crippen LogP contribution in [0.3, 0.4) is 0 Å². The van der Waals surface area contributed by atoms with Gasteiger partial charge >= 0.3 is 0 Å². The van der Waals surface area contributed by atoms with Gasteiger partial charge in [0.05, 0.1) is 25.1 Å². The van der Waals surface area contributed by atoms with Crippen molar-refractivity contribution in [2.45, 2.75) is 6.92 Å². The highest BCUT2D eigenvalue weighted by molar-refractivity contribution is 5.99. The summed E-state index contributed by atoms with van der Waals surface area (Å²) in [6.07, 6.45) is 8.52. The number of allylic oxidation sites excluding steroid dienone is 3. The smallest absolute Gasteiger partial charge is 0.248 e. The fourth-order valence-corrected chi connectivity index (χ4v) is 1.88. The van der Waals surface area contributed by atoms with E-state index in [1.807, 2.05) is 25.1 Å². The van der Waals surface area contributed by atoms with E-state index in [0.29, 0.717) is 5.69 Å². The number of carbonyl (C=O) groups excluding carboxylic acids is 1. The molecule has 1 aromatic rings. The van der Waals surface area contributed by atoms with Crippen LogP contribution in [0.4, 0.5) is 11.5 Å². The van der Waals surface area contributed by atoms with E-state index >= 15 is 0 Å². The van der Waals surface area contributed by atoms with Crippen molar-refractivity contribution in [3.05, 3.63) is 42.6 Å². The third-order valence-electron chi connectivity index (χ3n) is 2.90. The Morgan fingerprint density at radius 1 is 1.35 bits per heavy atom. The van der Waals surface area contributed by atoms with Gasteiger partial charge in [-0.25, -0.2) is 4.98 Å². The van der Waals surface area contributed by atoms with E-state index in [0.717, 1.165) is 32.1 Å². The number of hydrogen-bond donors (Lipinski definition) is 1. The molecule has 1 aliphatic heterocycles. The lowest BCUT2D eigenvalue weighted by Crippen LogP contribution is -2.36. The van der Waals surface area contributed by atoms with Gasteiger partial charge in [-0.2, -0.15) is 0 Å². The molecule has 1 aromatic heterocycles. The van der Waals surface area contributed by atoms with E-state index in [9.17, 15) is 4.79 Å². The fourth-order valence-electron chi connectivity index (χ4n) is 1.88. The first-order valence-electron chi connectivity index (χ1n) is 6.68. The monoisotopic (exact) mass is 273 g/mol. The maximum atomic E-state index is 11.6. The van der Waals surface area contributed by atoms with Crippen LogP contribution >= 0.6 is 0 Å². The van der Waals surface area contributed by atoms with Gasteiger partial charge in [0.15, 0.2) is 0 Å². The summed E-state index contributed by atoms with van der Waals surface area (Å²) in [4.78, 5) is 18.1. The van der Waals surface area contributed by atoms with Crippen molar-refractivity contribution in [3.8, 4) is 0 Å². The first-order chi connectivity index (χ1) is 9.79. The zero-order valence-corrected chi connectivity index (χ0v) is 11.6. The number of morpholine rings is 1. The number of aromatic nitrogens is 1. The maximum absolute atomic E-state index is 11.6. The molecule has 2 rings (SSSR count). The molecule has 1 amide bonds. The third kappa shape index (κ3) is 4.20. The molecule has 0 unspecified atom stereocenters. The second-order valence-corrected chi connectivity index (χ2v) is 4.38. The number of nitrogens with zero attached hydrogens (tertiary/aromatic N) is 2. The Bertz CT molecular complexity index is 488. The molecule has 5 nitrogen and oxygen atoms in total. The van der Waals surface area contributed by atoms with Gasteiger partial charge in [0.1, 0.15) is 5.82 Å². The minimum absolute atomic E-state index is 0.163. The Balaban J connectivity index is 1.92. The summed E-state index contributed by atoms with van der Waals surface area (Å²) in [7, 11) is 0. The van der Waals surface area contributed by atoms with Gasteiger partial charge in [-0.1, -0.05) is 18.2 Å². The molecule has 0 saturated carbocycles. The minimum atomic E-state index is -0.163. The van der Waals surface area contributed by atoms with Gasteiger partial charge in [0.2, 0.25) is 5.91 Å². The Morgan fingerprint density at radius 3 is 2.80 bits per heavy atom. The first kappa shape index (κ1) is 14.3. The molecule has 2 heterocycles. The van der Waals surface area contributed by atoms with Crippen molar-refractivity contribution < 1.29 is 9.53 Å². The van der Waals surface area contributed by atoms with E-state index in [2.05, 4.69) is 15.2 Å². The van der Waals surface area contributed by atoms with Gasteiger partial charge < -0.3 is 15.0 Å². The van der Waals surface area contributed by atoms with Crippen molar-refractivity contribution in [1.29, 1.82) is 0 Å². The predicted octanol–water partition coefficient (Wildman–Crippen LogP) is 1.99. The van der Waals surface area contributed by atoms with Crippen molar-refractivity contribution in [2.75, 3.05) is 36.5 Å². The lowest BCUT2D eigenvalue weighted by molar-refractivity contribution is -0.111. The van der Waals surface area contributed by atoms with E-state index in [1.54, 1.807) is 18.3 Å². The highest BCUT2D eigenvalue weighted by Gasteiger charge is 2.11. The number of nitrogens with one attached hydrogen (secondary N) is 1. The number of anilines is 2. The van der Waals surface area contributed by atoms with E-state index in [4.69, 9.17) is 4.74 Å². The molecular weight excluding hydrogens is 254 g/mol. The molecule has 20 heavy (non-hydrogen) atoms. The molecule has 5 heteroatoms. The Hall–Kier alpha value is -2.14. The van der Waals surface area contributed by atoms with Crippen LogP contribution < -0.4 is 10.2 Å². The number of carbonyl (C=O) groups is 1. The molecule has 0 aromatic carbocycles. The maximum Gasteiger partial charge on any atom is 0.248 e. The second-order valence-electron chi connectivity index (χ2n) is 4.38. The topological polar surface area (TPSA) is 54.5 Å². The molecule has 0 radical (unpaired) electrons. The van der Waals surface area contributed by atoms with Crippen LogP contribution in [0.5, 0.6) is 0 Å². The summed E-state index contributed by atoms with van der Waals surface area (Å²) in [6, 6.07) is 3.77. The normalized spacial score (nSPS) is 15.9. The van der Waals surface area contributed by atoms with Crippen LogP contribution in [-0.2, 0) is 9.53 Å². The molecule has 106 valence electrons. The largest absolute Gasteiger partial charge is 0.378 e. The zero-order chi connectivity index (χ0) is 14.2. The number of amides is 1. The van der Waals surface area contributed by atoms with Gasteiger partial charge in [-0.05, 0) is 19.1 Å². The second kappa shape index (κ2) is 7.45. The molecule has 0 spiro atoms. The van der Waals surface area contributed by atoms with Crippen molar-refractivity contribution >= 4 is 17.4 Å². The quantitative estimate of drug-likeness (QED) is 0.673. The Labute approximate surface area is 119 Å². The summed E-state index contributed by atoms with van der Waals surface area (Å²) >= 11 is 0. The van der Waals surface area contributed by atoms with E-state index in [1.165, 1.54) is 6.08 Å². The van der Waals surface area contributed by atoms with Gasteiger partial charge in [-0.3, -0.25) is 4.79 Å². The van der Waals surface area contributed by atoms with Crippen LogP contribution in [0.1, 0.15) is 6.92 Å². The number of pyridine rings is 1. The summed E-state index contributed by atoms with van der Waals surface area (Å²) in [5.74, 6) is 0.750. The van der Waals surface area contributed by atoms with Crippen molar-refractivity contribution in [1.82, 2.24) is 4.98 Å².